The second-order valence-corrected chi connectivity index (χ2v) is 4.46. The van der Waals surface area contributed by atoms with Crippen molar-refractivity contribution in [2.45, 2.75) is 13.1 Å². The number of nitrogen functional groups attached to an aromatic ring is 1. The first-order chi connectivity index (χ1) is 8.66. The molecule has 0 aliphatic carbocycles. The van der Waals surface area contributed by atoms with E-state index in [0.29, 0.717) is 13.1 Å². The van der Waals surface area contributed by atoms with Crippen molar-refractivity contribution in [2.75, 3.05) is 5.73 Å². The van der Waals surface area contributed by atoms with Gasteiger partial charge in [0.25, 0.3) is 0 Å². The van der Waals surface area contributed by atoms with Crippen LogP contribution in [0.3, 0.4) is 0 Å². The van der Waals surface area contributed by atoms with E-state index in [9.17, 15) is 4.39 Å². The predicted octanol–water partition coefficient (Wildman–Crippen LogP) is 3.35. The number of benzene rings is 2. The fourth-order valence-electron chi connectivity index (χ4n) is 1.69. The van der Waals surface area contributed by atoms with Crippen molar-refractivity contribution in [2.24, 2.45) is 0 Å². The first kappa shape index (κ1) is 12.9. The summed E-state index contributed by atoms with van der Waals surface area (Å²) in [6, 6.07) is 12.4. The first-order valence-electron chi connectivity index (χ1n) is 5.65. The molecule has 2 nitrogen and oxygen atoms in total. The molecule has 18 heavy (non-hydrogen) atoms. The van der Waals surface area contributed by atoms with E-state index in [2.05, 4.69) is 5.32 Å². The Balaban J connectivity index is 1.92. The zero-order valence-electron chi connectivity index (χ0n) is 9.79. The van der Waals surface area contributed by atoms with E-state index >= 15 is 0 Å². The second kappa shape index (κ2) is 5.85. The number of para-hydroxylation sites is 1. The molecule has 2 aromatic carbocycles. The quantitative estimate of drug-likeness (QED) is 0.831. The molecule has 0 unspecified atom stereocenters. The lowest BCUT2D eigenvalue weighted by Gasteiger charge is -2.08. The summed E-state index contributed by atoms with van der Waals surface area (Å²) in [5.41, 5.74) is 8.59. The molecule has 0 aromatic heterocycles. The SMILES string of the molecule is Nc1ccccc1CNCc1ccc(F)c(Cl)c1. The second-order valence-electron chi connectivity index (χ2n) is 4.05. The Kier molecular flexibility index (Phi) is 4.18. The van der Waals surface area contributed by atoms with Crippen molar-refractivity contribution in [3.05, 3.63) is 64.4 Å². The Bertz CT molecular complexity index is 543. The molecule has 0 fully saturated rings. The Morgan fingerprint density at radius 1 is 1.11 bits per heavy atom. The van der Waals surface area contributed by atoms with Crippen LogP contribution in [-0.2, 0) is 13.1 Å². The van der Waals surface area contributed by atoms with Gasteiger partial charge >= 0.3 is 0 Å². The van der Waals surface area contributed by atoms with Crippen LogP contribution < -0.4 is 11.1 Å². The van der Waals surface area contributed by atoms with Crippen molar-refractivity contribution in [1.29, 1.82) is 0 Å². The van der Waals surface area contributed by atoms with Crippen LogP contribution >= 0.6 is 11.6 Å². The number of hydrogen-bond acceptors (Lipinski definition) is 2. The summed E-state index contributed by atoms with van der Waals surface area (Å²) < 4.78 is 13.0. The van der Waals surface area contributed by atoms with E-state index in [1.165, 1.54) is 6.07 Å². The fraction of sp³-hybridized carbons (Fsp3) is 0.143. The van der Waals surface area contributed by atoms with Crippen LogP contribution in [0.4, 0.5) is 10.1 Å². The molecule has 0 amide bonds. The lowest BCUT2D eigenvalue weighted by molar-refractivity contribution is 0.625. The van der Waals surface area contributed by atoms with Gasteiger partial charge in [-0.3, -0.25) is 0 Å². The summed E-state index contributed by atoms with van der Waals surface area (Å²) in [7, 11) is 0. The molecule has 0 saturated carbocycles. The maximum atomic E-state index is 13.0. The Labute approximate surface area is 111 Å². The molecule has 3 N–H and O–H groups in total. The normalized spacial score (nSPS) is 10.6. The molecule has 0 heterocycles. The summed E-state index contributed by atoms with van der Waals surface area (Å²) in [4.78, 5) is 0. The molecule has 0 spiro atoms. The molecule has 0 saturated heterocycles. The molecular formula is C14H14ClFN2. The minimum Gasteiger partial charge on any atom is -0.398 e. The summed E-state index contributed by atoms with van der Waals surface area (Å²) in [5, 5.41) is 3.39. The molecule has 0 aliphatic heterocycles. The molecule has 0 aliphatic rings. The number of anilines is 1. The zero-order valence-corrected chi connectivity index (χ0v) is 10.5. The average molecular weight is 265 g/mol. The van der Waals surface area contributed by atoms with Gasteiger partial charge in [0.1, 0.15) is 5.82 Å². The van der Waals surface area contributed by atoms with E-state index < -0.39 is 5.82 Å². The molecule has 4 heteroatoms. The first-order valence-corrected chi connectivity index (χ1v) is 6.02. The van der Waals surface area contributed by atoms with Crippen LogP contribution in [0.25, 0.3) is 0 Å². The largest absolute Gasteiger partial charge is 0.398 e. The van der Waals surface area contributed by atoms with Gasteiger partial charge < -0.3 is 11.1 Å². The lowest BCUT2D eigenvalue weighted by Crippen LogP contribution is -2.13. The van der Waals surface area contributed by atoms with Gasteiger partial charge in [-0.25, -0.2) is 4.39 Å². The number of halogens is 2. The van der Waals surface area contributed by atoms with Crippen LogP contribution in [0.1, 0.15) is 11.1 Å². The maximum absolute atomic E-state index is 13.0. The molecule has 2 rings (SSSR count). The third kappa shape index (κ3) is 3.22. The highest BCUT2D eigenvalue weighted by Gasteiger charge is 2.01. The molecule has 0 radical (unpaired) electrons. The van der Waals surface area contributed by atoms with Crippen LogP contribution in [-0.4, -0.2) is 0 Å². The highest BCUT2D eigenvalue weighted by Crippen LogP contribution is 2.16. The highest BCUT2D eigenvalue weighted by atomic mass is 35.5. The Morgan fingerprint density at radius 3 is 2.61 bits per heavy atom. The third-order valence-corrected chi connectivity index (χ3v) is 2.97. The van der Waals surface area contributed by atoms with Gasteiger partial charge in [-0.05, 0) is 29.3 Å². The number of nitrogens with two attached hydrogens (primary N) is 1. The Hall–Kier alpha value is -1.58. The molecule has 0 bridgehead atoms. The monoisotopic (exact) mass is 264 g/mol. The van der Waals surface area contributed by atoms with Crippen LogP contribution in [0.5, 0.6) is 0 Å². The lowest BCUT2D eigenvalue weighted by atomic mass is 10.1. The van der Waals surface area contributed by atoms with E-state index in [0.717, 1.165) is 16.8 Å². The van der Waals surface area contributed by atoms with Gasteiger partial charge in [0, 0.05) is 18.8 Å². The summed E-state index contributed by atoms with van der Waals surface area (Å²) in [6.45, 7) is 1.29. The summed E-state index contributed by atoms with van der Waals surface area (Å²) in [6.07, 6.45) is 0. The topological polar surface area (TPSA) is 38.0 Å². The third-order valence-electron chi connectivity index (χ3n) is 2.68. The zero-order chi connectivity index (χ0) is 13.0. The minimum atomic E-state index is -0.396. The molecule has 0 atom stereocenters. The van der Waals surface area contributed by atoms with Crippen molar-refractivity contribution in [3.63, 3.8) is 0 Å². The van der Waals surface area contributed by atoms with E-state index in [-0.39, 0.29) is 5.02 Å². The van der Waals surface area contributed by atoms with Gasteiger partial charge in [-0.15, -0.1) is 0 Å². The van der Waals surface area contributed by atoms with Crippen LogP contribution in [0, 0.1) is 5.82 Å². The number of nitrogens with one attached hydrogen (secondary N) is 1. The van der Waals surface area contributed by atoms with E-state index in [1.54, 1.807) is 12.1 Å². The summed E-state index contributed by atoms with van der Waals surface area (Å²) >= 11 is 5.71. The van der Waals surface area contributed by atoms with Crippen molar-refractivity contribution < 1.29 is 4.39 Å². The number of rotatable bonds is 4. The predicted molar refractivity (Wildman–Crippen MR) is 72.8 cm³/mol. The standard InChI is InChI=1S/C14H14ClFN2/c15-12-7-10(5-6-13(12)16)8-18-9-11-3-1-2-4-14(11)17/h1-7,18H,8-9,17H2. The minimum absolute atomic E-state index is 0.147. The smallest absolute Gasteiger partial charge is 0.141 e. The summed E-state index contributed by atoms with van der Waals surface area (Å²) in [5.74, 6) is -0.396. The average Bonchev–Trinajstić information content (AvgIpc) is 2.36. The molecule has 2 aromatic rings. The van der Waals surface area contributed by atoms with Crippen LogP contribution in [0.2, 0.25) is 5.02 Å². The van der Waals surface area contributed by atoms with E-state index in [4.69, 9.17) is 17.3 Å². The maximum Gasteiger partial charge on any atom is 0.141 e. The van der Waals surface area contributed by atoms with Gasteiger partial charge in [0.2, 0.25) is 0 Å². The van der Waals surface area contributed by atoms with Crippen molar-refractivity contribution in [1.82, 2.24) is 5.32 Å². The van der Waals surface area contributed by atoms with Gasteiger partial charge in [-0.1, -0.05) is 35.9 Å². The van der Waals surface area contributed by atoms with Crippen molar-refractivity contribution in [3.8, 4) is 0 Å². The van der Waals surface area contributed by atoms with Gasteiger partial charge in [0.05, 0.1) is 5.02 Å². The molecule has 94 valence electrons. The highest BCUT2D eigenvalue weighted by molar-refractivity contribution is 6.30. The fourth-order valence-corrected chi connectivity index (χ4v) is 1.89. The van der Waals surface area contributed by atoms with Gasteiger partial charge in [-0.2, -0.15) is 0 Å². The van der Waals surface area contributed by atoms with Crippen LogP contribution in [0.15, 0.2) is 42.5 Å². The Morgan fingerprint density at radius 2 is 1.89 bits per heavy atom. The molecular weight excluding hydrogens is 251 g/mol. The van der Waals surface area contributed by atoms with Gasteiger partial charge in [0.15, 0.2) is 0 Å². The number of hydrogen-bond donors (Lipinski definition) is 2. The van der Waals surface area contributed by atoms with E-state index in [1.807, 2.05) is 24.3 Å². The van der Waals surface area contributed by atoms with Crippen molar-refractivity contribution >= 4 is 17.3 Å².